The molecule has 0 saturated heterocycles. The standard InChI is InChI=1S/C21H22N2O3/c1-13-8-9-18-16(11-19(24)26-20(18)14(13)2)12-22-17-7-5-6-15(10-17)21(25)23(3)4/h5-11,22H,12H2,1-4H3. The van der Waals surface area contributed by atoms with Crippen LogP contribution in [0.3, 0.4) is 0 Å². The molecule has 5 heteroatoms. The van der Waals surface area contributed by atoms with E-state index in [2.05, 4.69) is 5.32 Å². The van der Waals surface area contributed by atoms with Gasteiger partial charge in [0.1, 0.15) is 5.58 Å². The molecule has 1 aromatic heterocycles. The second-order valence-corrected chi connectivity index (χ2v) is 6.61. The van der Waals surface area contributed by atoms with Crippen molar-refractivity contribution in [3.63, 3.8) is 0 Å². The molecule has 0 aliphatic carbocycles. The zero-order valence-corrected chi connectivity index (χ0v) is 15.4. The quantitative estimate of drug-likeness (QED) is 0.729. The number of hydrogen-bond donors (Lipinski definition) is 1. The van der Waals surface area contributed by atoms with E-state index in [4.69, 9.17) is 4.42 Å². The number of nitrogens with zero attached hydrogens (tertiary/aromatic N) is 1. The average Bonchev–Trinajstić information content (AvgIpc) is 2.62. The molecular weight excluding hydrogens is 328 g/mol. The molecule has 0 spiro atoms. The molecule has 3 aromatic rings. The molecule has 1 heterocycles. The van der Waals surface area contributed by atoms with Crippen molar-refractivity contribution >= 4 is 22.6 Å². The lowest BCUT2D eigenvalue weighted by Gasteiger charge is -2.13. The van der Waals surface area contributed by atoms with E-state index in [-0.39, 0.29) is 11.5 Å². The van der Waals surface area contributed by atoms with E-state index in [0.29, 0.717) is 17.7 Å². The maximum atomic E-state index is 12.1. The van der Waals surface area contributed by atoms with Crippen LogP contribution in [-0.4, -0.2) is 24.9 Å². The minimum Gasteiger partial charge on any atom is -0.422 e. The van der Waals surface area contributed by atoms with Gasteiger partial charge < -0.3 is 14.6 Å². The van der Waals surface area contributed by atoms with E-state index in [1.165, 1.54) is 6.07 Å². The molecule has 0 radical (unpaired) electrons. The summed E-state index contributed by atoms with van der Waals surface area (Å²) in [5, 5.41) is 4.21. The number of benzene rings is 2. The first-order valence-electron chi connectivity index (χ1n) is 8.45. The van der Waals surface area contributed by atoms with Crippen molar-refractivity contribution in [1.82, 2.24) is 4.90 Å². The highest BCUT2D eigenvalue weighted by atomic mass is 16.4. The molecule has 0 saturated carbocycles. The maximum Gasteiger partial charge on any atom is 0.336 e. The average molecular weight is 350 g/mol. The molecule has 0 unspecified atom stereocenters. The summed E-state index contributed by atoms with van der Waals surface area (Å²) in [4.78, 5) is 25.6. The van der Waals surface area contributed by atoms with Crippen LogP contribution in [0.4, 0.5) is 5.69 Å². The van der Waals surface area contributed by atoms with E-state index in [9.17, 15) is 9.59 Å². The Hall–Kier alpha value is -3.08. The number of carbonyl (C=O) groups is 1. The number of rotatable bonds is 4. The van der Waals surface area contributed by atoms with Crippen molar-refractivity contribution in [3.8, 4) is 0 Å². The number of nitrogens with one attached hydrogen (secondary N) is 1. The van der Waals surface area contributed by atoms with Gasteiger partial charge in [0.2, 0.25) is 0 Å². The largest absolute Gasteiger partial charge is 0.422 e. The van der Waals surface area contributed by atoms with Gasteiger partial charge >= 0.3 is 5.63 Å². The van der Waals surface area contributed by atoms with Crippen LogP contribution in [0.5, 0.6) is 0 Å². The molecule has 0 bridgehead atoms. The lowest BCUT2D eigenvalue weighted by Crippen LogP contribution is -2.21. The molecule has 1 amide bonds. The van der Waals surface area contributed by atoms with Crippen LogP contribution in [0.1, 0.15) is 27.0 Å². The van der Waals surface area contributed by atoms with Gasteiger partial charge in [-0.1, -0.05) is 18.2 Å². The molecule has 0 atom stereocenters. The first-order valence-corrected chi connectivity index (χ1v) is 8.45. The highest BCUT2D eigenvalue weighted by molar-refractivity contribution is 5.94. The Labute approximate surface area is 152 Å². The molecule has 5 nitrogen and oxygen atoms in total. The summed E-state index contributed by atoms with van der Waals surface area (Å²) < 4.78 is 5.41. The van der Waals surface area contributed by atoms with E-state index in [0.717, 1.165) is 27.8 Å². The normalized spacial score (nSPS) is 10.8. The first-order chi connectivity index (χ1) is 12.4. The van der Waals surface area contributed by atoms with Crippen LogP contribution in [0.25, 0.3) is 11.0 Å². The van der Waals surface area contributed by atoms with Crippen molar-refractivity contribution in [2.45, 2.75) is 20.4 Å². The Balaban J connectivity index is 1.91. The summed E-state index contributed by atoms with van der Waals surface area (Å²) in [6.45, 7) is 4.41. The maximum absolute atomic E-state index is 12.1. The smallest absolute Gasteiger partial charge is 0.336 e. The van der Waals surface area contributed by atoms with Crippen molar-refractivity contribution in [1.29, 1.82) is 0 Å². The number of amides is 1. The summed E-state index contributed by atoms with van der Waals surface area (Å²) in [6.07, 6.45) is 0. The molecule has 1 N–H and O–H groups in total. The fourth-order valence-corrected chi connectivity index (χ4v) is 2.89. The van der Waals surface area contributed by atoms with Crippen molar-refractivity contribution in [2.75, 3.05) is 19.4 Å². The van der Waals surface area contributed by atoms with Gasteiger partial charge in [-0.05, 0) is 48.7 Å². The predicted molar refractivity (Wildman–Crippen MR) is 104 cm³/mol. The lowest BCUT2D eigenvalue weighted by atomic mass is 10.0. The van der Waals surface area contributed by atoms with Crippen molar-refractivity contribution < 1.29 is 9.21 Å². The lowest BCUT2D eigenvalue weighted by molar-refractivity contribution is 0.0827. The van der Waals surface area contributed by atoms with Crippen LogP contribution in [-0.2, 0) is 6.54 Å². The number of anilines is 1. The Bertz CT molecular complexity index is 1040. The highest BCUT2D eigenvalue weighted by Gasteiger charge is 2.11. The van der Waals surface area contributed by atoms with Crippen LogP contribution in [0.15, 0.2) is 51.7 Å². The van der Waals surface area contributed by atoms with Gasteiger partial charge in [0, 0.05) is 43.3 Å². The summed E-state index contributed by atoms with van der Waals surface area (Å²) in [5.74, 6) is -0.0504. The van der Waals surface area contributed by atoms with Gasteiger partial charge in [-0.25, -0.2) is 4.79 Å². The Morgan fingerprint density at radius 1 is 1.12 bits per heavy atom. The SMILES string of the molecule is Cc1ccc2c(CNc3cccc(C(=O)N(C)C)c3)cc(=O)oc2c1C. The van der Waals surface area contributed by atoms with Crippen molar-refractivity contribution in [3.05, 3.63) is 75.1 Å². The fourth-order valence-electron chi connectivity index (χ4n) is 2.89. The topological polar surface area (TPSA) is 62.6 Å². The molecule has 0 fully saturated rings. The first kappa shape index (κ1) is 17.7. The van der Waals surface area contributed by atoms with Crippen LogP contribution >= 0.6 is 0 Å². The van der Waals surface area contributed by atoms with Gasteiger partial charge in [0.25, 0.3) is 5.91 Å². The highest BCUT2D eigenvalue weighted by Crippen LogP contribution is 2.24. The molecule has 2 aromatic carbocycles. The third-order valence-corrected chi connectivity index (χ3v) is 4.52. The van der Waals surface area contributed by atoms with E-state index in [1.54, 1.807) is 25.1 Å². The van der Waals surface area contributed by atoms with Gasteiger partial charge in [-0.3, -0.25) is 4.79 Å². The molecule has 0 aliphatic rings. The van der Waals surface area contributed by atoms with Gasteiger partial charge in [0.05, 0.1) is 0 Å². The zero-order chi connectivity index (χ0) is 18.8. The third kappa shape index (κ3) is 3.47. The summed E-state index contributed by atoms with van der Waals surface area (Å²) in [6, 6.07) is 12.8. The summed E-state index contributed by atoms with van der Waals surface area (Å²) in [5.41, 5.74) is 4.63. The van der Waals surface area contributed by atoms with E-state index >= 15 is 0 Å². The Morgan fingerprint density at radius 3 is 2.62 bits per heavy atom. The molecule has 134 valence electrons. The summed E-state index contributed by atoms with van der Waals surface area (Å²) >= 11 is 0. The predicted octanol–water partition coefficient (Wildman–Crippen LogP) is 3.72. The number of hydrogen-bond acceptors (Lipinski definition) is 4. The Morgan fingerprint density at radius 2 is 1.88 bits per heavy atom. The number of carbonyl (C=O) groups excluding carboxylic acids is 1. The molecule has 3 rings (SSSR count). The van der Waals surface area contributed by atoms with Crippen LogP contribution in [0, 0.1) is 13.8 Å². The fraction of sp³-hybridized carbons (Fsp3) is 0.238. The molecule has 26 heavy (non-hydrogen) atoms. The summed E-state index contributed by atoms with van der Waals surface area (Å²) in [7, 11) is 3.45. The van der Waals surface area contributed by atoms with Gasteiger partial charge in [-0.2, -0.15) is 0 Å². The molecular formula is C21H22N2O3. The number of fused-ring (bicyclic) bond motifs is 1. The van der Waals surface area contributed by atoms with E-state index < -0.39 is 0 Å². The van der Waals surface area contributed by atoms with Gasteiger partial charge in [-0.15, -0.1) is 0 Å². The van der Waals surface area contributed by atoms with Crippen molar-refractivity contribution in [2.24, 2.45) is 0 Å². The Kier molecular flexibility index (Phi) is 4.80. The van der Waals surface area contributed by atoms with E-state index in [1.807, 2.05) is 44.2 Å². The second kappa shape index (κ2) is 7.04. The second-order valence-electron chi connectivity index (χ2n) is 6.61. The number of aryl methyl sites for hydroxylation is 2. The molecule has 0 aliphatic heterocycles. The monoisotopic (exact) mass is 350 g/mol. The zero-order valence-electron chi connectivity index (χ0n) is 15.4. The van der Waals surface area contributed by atoms with Crippen LogP contribution in [0.2, 0.25) is 0 Å². The minimum absolute atomic E-state index is 0.0504. The van der Waals surface area contributed by atoms with Gasteiger partial charge in [0.15, 0.2) is 0 Å². The minimum atomic E-state index is -0.362. The van der Waals surface area contributed by atoms with Crippen LogP contribution < -0.4 is 10.9 Å². The third-order valence-electron chi connectivity index (χ3n) is 4.52.